The van der Waals surface area contributed by atoms with Crippen molar-refractivity contribution in [2.75, 3.05) is 5.32 Å². The number of pyridine rings is 2. The van der Waals surface area contributed by atoms with Crippen molar-refractivity contribution in [1.29, 1.82) is 0 Å². The van der Waals surface area contributed by atoms with Gasteiger partial charge in [0.2, 0.25) is 11.3 Å². The number of carbonyl (C=O) groups is 2. The Labute approximate surface area is 167 Å². The maximum Gasteiger partial charge on any atom is 0.341 e. The number of amides is 1. The zero-order chi connectivity index (χ0) is 20.9. The van der Waals surface area contributed by atoms with Gasteiger partial charge >= 0.3 is 5.97 Å². The Bertz CT molecular complexity index is 1240. The molecule has 3 aromatic rings. The second kappa shape index (κ2) is 6.84. The topological polar surface area (TPSA) is 101 Å². The van der Waals surface area contributed by atoms with Crippen LogP contribution in [0.15, 0.2) is 35.4 Å². The first kappa shape index (κ1) is 18.9. The molecular weight excluding hydrogens is 370 g/mol. The minimum Gasteiger partial charge on any atom is -0.477 e. The number of aromatic nitrogens is 2. The Morgan fingerprint density at radius 1 is 1.24 bits per heavy atom. The zero-order valence-electron chi connectivity index (χ0n) is 16.4. The standard InChI is InChI=1S/C22H21N3O4/c1-11-8-14(9-23-21(11)24-13(3)26)16-6-7-17-19(12(16)2)25(15-4-5-15)10-18(20(17)27)22(28)29/h6-10,15H,4-5H2,1-3H3,(H,28,29)(H,23,24,26). The monoisotopic (exact) mass is 391 g/mol. The Hall–Kier alpha value is -3.48. The van der Waals surface area contributed by atoms with Gasteiger partial charge in [0.05, 0.1) is 5.52 Å². The highest BCUT2D eigenvalue weighted by Crippen LogP contribution is 2.39. The van der Waals surface area contributed by atoms with Crippen molar-refractivity contribution in [1.82, 2.24) is 9.55 Å². The molecule has 2 N–H and O–H groups in total. The van der Waals surface area contributed by atoms with Crippen molar-refractivity contribution in [3.8, 4) is 11.1 Å². The second-order valence-electron chi connectivity index (χ2n) is 7.52. The number of hydrogen-bond donors (Lipinski definition) is 2. The number of benzene rings is 1. The Morgan fingerprint density at radius 3 is 2.55 bits per heavy atom. The highest BCUT2D eigenvalue weighted by atomic mass is 16.4. The van der Waals surface area contributed by atoms with Crippen LogP contribution in [0.25, 0.3) is 22.0 Å². The third-order valence-corrected chi connectivity index (χ3v) is 5.30. The molecule has 0 spiro atoms. The van der Waals surface area contributed by atoms with Crippen LogP contribution in [0, 0.1) is 13.8 Å². The van der Waals surface area contributed by atoms with E-state index in [0.29, 0.717) is 11.2 Å². The molecule has 1 fully saturated rings. The summed E-state index contributed by atoms with van der Waals surface area (Å²) in [6.07, 6.45) is 5.10. The van der Waals surface area contributed by atoms with Crippen LogP contribution in [0.3, 0.4) is 0 Å². The van der Waals surface area contributed by atoms with E-state index in [1.165, 1.54) is 13.1 Å². The predicted octanol–water partition coefficient (Wildman–Crippen LogP) is 3.67. The molecule has 7 nitrogen and oxygen atoms in total. The normalized spacial score (nSPS) is 13.5. The molecule has 0 bridgehead atoms. The van der Waals surface area contributed by atoms with Gasteiger partial charge in [-0.05, 0) is 55.5 Å². The molecule has 1 aromatic carbocycles. The van der Waals surface area contributed by atoms with Crippen molar-refractivity contribution in [2.45, 2.75) is 39.7 Å². The number of carboxylic acid groups (broad SMARTS) is 1. The van der Waals surface area contributed by atoms with Crippen molar-refractivity contribution in [2.24, 2.45) is 0 Å². The summed E-state index contributed by atoms with van der Waals surface area (Å²) in [5.74, 6) is -0.875. The number of nitrogens with one attached hydrogen (secondary N) is 1. The summed E-state index contributed by atoms with van der Waals surface area (Å²) >= 11 is 0. The van der Waals surface area contributed by atoms with Gasteiger partial charge < -0.3 is 15.0 Å². The molecule has 1 aliphatic carbocycles. The fourth-order valence-electron chi connectivity index (χ4n) is 3.75. The quantitative estimate of drug-likeness (QED) is 0.707. The molecule has 148 valence electrons. The van der Waals surface area contributed by atoms with Gasteiger partial charge in [-0.3, -0.25) is 9.59 Å². The lowest BCUT2D eigenvalue weighted by molar-refractivity contribution is -0.114. The first-order valence-corrected chi connectivity index (χ1v) is 9.44. The van der Waals surface area contributed by atoms with Crippen LogP contribution in [0.1, 0.15) is 47.3 Å². The summed E-state index contributed by atoms with van der Waals surface area (Å²) < 4.78 is 1.94. The first-order valence-electron chi connectivity index (χ1n) is 9.44. The van der Waals surface area contributed by atoms with E-state index in [9.17, 15) is 19.5 Å². The maximum atomic E-state index is 12.7. The lowest BCUT2D eigenvalue weighted by Gasteiger charge is -2.17. The van der Waals surface area contributed by atoms with E-state index in [2.05, 4.69) is 10.3 Å². The first-order chi connectivity index (χ1) is 13.8. The van der Waals surface area contributed by atoms with Gasteiger partial charge in [0.15, 0.2) is 0 Å². The van der Waals surface area contributed by atoms with Crippen molar-refractivity contribution >= 4 is 28.6 Å². The SMILES string of the molecule is CC(=O)Nc1ncc(-c2ccc3c(=O)c(C(=O)O)cn(C4CC4)c3c2C)cc1C. The second-order valence-corrected chi connectivity index (χ2v) is 7.52. The Kier molecular flexibility index (Phi) is 4.45. The summed E-state index contributed by atoms with van der Waals surface area (Å²) in [5, 5.41) is 12.5. The Morgan fingerprint density at radius 2 is 1.97 bits per heavy atom. The van der Waals surface area contributed by atoms with E-state index in [1.54, 1.807) is 12.3 Å². The van der Waals surface area contributed by atoms with Crippen LogP contribution in [-0.2, 0) is 4.79 Å². The molecule has 0 radical (unpaired) electrons. The summed E-state index contributed by atoms with van der Waals surface area (Å²) in [6, 6.07) is 5.68. The molecule has 0 saturated heterocycles. The number of anilines is 1. The number of fused-ring (bicyclic) bond motifs is 1. The van der Waals surface area contributed by atoms with E-state index >= 15 is 0 Å². The average Bonchev–Trinajstić information content (AvgIpc) is 3.49. The van der Waals surface area contributed by atoms with Crippen LogP contribution in [0.2, 0.25) is 0 Å². The largest absolute Gasteiger partial charge is 0.477 e. The maximum absolute atomic E-state index is 12.7. The fourth-order valence-corrected chi connectivity index (χ4v) is 3.75. The number of aryl methyl sites for hydroxylation is 2. The van der Waals surface area contributed by atoms with Gasteiger partial charge in [-0.15, -0.1) is 0 Å². The molecule has 0 unspecified atom stereocenters. The third kappa shape index (κ3) is 3.29. The summed E-state index contributed by atoms with van der Waals surface area (Å²) in [5.41, 5.74) is 3.62. The van der Waals surface area contributed by atoms with Crippen LogP contribution in [0.4, 0.5) is 5.82 Å². The number of aromatic carboxylic acids is 1. The number of carboxylic acids is 1. The summed E-state index contributed by atoms with van der Waals surface area (Å²) in [4.78, 5) is 39.9. The summed E-state index contributed by atoms with van der Waals surface area (Å²) in [7, 11) is 0. The van der Waals surface area contributed by atoms with Gasteiger partial charge in [-0.1, -0.05) is 6.07 Å². The number of hydrogen-bond acceptors (Lipinski definition) is 4. The predicted molar refractivity (Wildman–Crippen MR) is 110 cm³/mol. The molecule has 1 aliphatic rings. The minimum atomic E-state index is -1.21. The highest BCUT2D eigenvalue weighted by molar-refractivity contribution is 5.96. The summed E-state index contributed by atoms with van der Waals surface area (Å²) in [6.45, 7) is 5.25. The van der Waals surface area contributed by atoms with Gasteiger partial charge in [0.25, 0.3) is 0 Å². The van der Waals surface area contributed by atoms with Gasteiger partial charge in [-0.2, -0.15) is 0 Å². The molecule has 0 atom stereocenters. The molecule has 2 heterocycles. The lowest BCUT2D eigenvalue weighted by Crippen LogP contribution is -2.19. The molecule has 1 saturated carbocycles. The highest BCUT2D eigenvalue weighted by Gasteiger charge is 2.28. The van der Waals surface area contributed by atoms with Crippen LogP contribution >= 0.6 is 0 Å². The molecular formula is C22H21N3O4. The molecule has 4 rings (SSSR count). The average molecular weight is 391 g/mol. The van der Waals surface area contributed by atoms with E-state index in [1.807, 2.05) is 30.5 Å². The number of carbonyl (C=O) groups excluding carboxylic acids is 1. The van der Waals surface area contributed by atoms with E-state index in [4.69, 9.17) is 0 Å². The van der Waals surface area contributed by atoms with Gasteiger partial charge in [0.1, 0.15) is 11.4 Å². The fraction of sp³-hybridized carbons (Fsp3) is 0.273. The van der Waals surface area contributed by atoms with Crippen LogP contribution in [-0.4, -0.2) is 26.5 Å². The molecule has 0 aliphatic heterocycles. The van der Waals surface area contributed by atoms with Crippen molar-refractivity contribution in [3.05, 3.63) is 57.5 Å². The molecule has 29 heavy (non-hydrogen) atoms. The van der Waals surface area contributed by atoms with E-state index in [0.717, 1.165) is 40.6 Å². The number of nitrogens with zero attached hydrogens (tertiary/aromatic N) is 2. The van der Waals surface area contributed by atoms with E-state index < -0.39 is 11.4 Å². The smallest absolute Gasteiger partial charge is 0.341 e. The third-order valence-electron chi connectivity index (χ3n) is 5.30. The van der Waals surface area contributed by atoms with Crippen LogP contribution in [0.5, 0.6) is 0 Å². The Balaban J connectivity index is 1.93. The number of rotatable bonds is 4. The van der Waals surface area contributed by atoms with Gasteiger partial charge in [0, 0.05) is 36.3 Å². The zero-order valence-corrected chi connectivity index (χ0v) is 16.4. The molecule has 1 amide bonds. The molecule has 2 aromatic heterocycles. The van der Waals surface area contributed by atoms with Gasteiger partial charge in [-0.25, -0.2) is 9.78 Å². The van der Waals surface area contributed by atoms with E-state index in [-0.39, 0.29) is 17.5 Å². The van der Waals surface area contributed by atoms with Crippen molar-refractivity contribution < 1.29 is 14.7 Å². The minimum absolute atomic E-state index is 0.182. The lowest BCUT2D eigenvalue weighted by atomic mass is 9.97. The molecule has 7 heteroatoms. The van der Waals surface area contributed by atoms with Crippen LogP contribution < -0.4 is 10.7 Å². The van der Waals surface area contributed by atoms with Crippen molar-refractivity contribution in [3.63, 3.8) is 0 Å².